The molecule has 3 heterocycles. The zero-order chi connectivity index (χ0) is 23.0. The van der Waals surface area contributed by atoms with E-state index in [1.165, 1.54) is 4.68 Å². The van der Waals surface area contributed by atoms with Crippen molar-refractivity contribution in [1.29, 1.82) is 0 Å². The Balaban J connectivity index is 1.43. The maximum atomic E-state index is 13.8. The number of halogens is 2. The molecular weight excluding hydrogens is 414 g/mol. The van der Waals surface area contributed by atoms with E-state index in [4.69, 9.17) is 4.74 Å². The lowest BCUT2D eigenvalue weighted by Crippen LogP contribution is -2.50. The molecule has 1 aromatic heterocycles. The summed E-state index contributed by atoms with van der Waals surface area (Å²) in [7, 11) is 0. The van der Waals surface area contributed by atoms with Crippen molar-refractivity contribution in [2.45, 2.75) is 71.6 Å². The maximum Gasteiger partial charge on any atom is 0.263 e. The van der Waals surface area contributed by atoms with Crippen molar-refractivity contribution in [2.75, 3.05) is 18.4 Å². The average Bonchev–Trinajstić information content (AvgIpc) is 3.14. The summed E-state index contributed by atoms with van der Waals surface area (Å²) in [4.78, 5) is 15.0. The van der Waals surface area contributed by atoms with Crippen LogP contribution in [0.5, 0.6) is 5.75 Å². The van der Waals surface area contributed by atoms with E-state index in [0.29, 0.717) is 31.1 Å². The minimum Gasteiger partial charge on any atom is -0.481 e. The van der Waals surface area contributed by atoms with E-state index in [2.05, 4.69) is 10.4 Å². The maximum absolute atomic E-state index is 13.8. The normalized spacial score (nSPS) is 24.1. The van der Waals surface area contributed by atoms with Crippen LogP contribution in [-0.4, -0.2) is 52.2 Å². The van der Waals surface area contributed by atoms with Crippen LogP contribution < -0.4 is 10.1 Å². The summed E-state index contributed by atoms with van der Waals surface area (Å²) in [5.74, 6) is 1.39. The molecular formula is C24H32F2N4O2. The molecule has 1 N–H and O–H groups in total. The molecule has 0 bridgehead atoms. The molecule has 1 amide bonds. The van der Waals surface area contributed by atoms with Crippen LogP contribution in [0.4, 0.5) is 14.6 Å². The number of anilines is 1. The van der Waals surface area contributed by atoms with Gasteiger partial charge in [0.2, 0.25) is 0 Å². The molecule has 32 heavy (non-hydrogen) atoms. The lowest BCUT2D eigenvalue weighted by molar-refractivity contribution is -0.140. The summed E-state index contributed by atoms with van der Waals surface area (Å²) in [5.41, 5.74) is 2.86. The summed E-state index contributed by atoms with van der Waals surface area (Å²) in [6.45, 7) is 8.78. The minimum atomic E-state index is -2.48. The Morgan fingerprint density at radius 3 is 2.75 bits per heavy atom. The first-order valence-electron chi connectivity index (χ1n) is 11.4. The van der Waals surface area contributed by atoms with Crippen LogP contribution >= 0.6 is 0 Å². The monoisotopic (exact) mass is 446 g/mol. The van der Waals surface area contributed by atoms with E-state index >= 15 is 0 Å². The summed E-state index contributed by atoms with van der Waals surface area (Å²) >= 11 is 0. The van der Waals surface area contributed by atoms with E-state index < -0.39 is 18.6 Å². The molecule has 1 fully saturated rings. The van der Waals surface area contributed by atoms with E-state index in [1.54, 1.807) is 6.92 Å². The van der Waals surface area contributed by atoms with Crippen LogP contribution in [0.15, 0.2) is 24.3 Å². The Bertz CT molecular complexity index is 977. The Hall–Kier alpha value is -2.64. The van der Waals surface area contributed by atoms with Gasteiger partial charge in [0.15, 0.2) is 6.10 Å². The second kappa shape index (κ2) is 9.08. The second-order valence-corrected chi connectivity index (χ2v) is 9.22. The molecule has 2 aliphatic heterocycles. The lowest BCUT2D eigenvalue weighted by Gasteiger charge is -2.41. The van der Waals surface area contributed by atoms with Crippen LogP contribution in [0.25, 0.3) is 0 Å². The smallest absolute Gasteiger partial charge is 0.263 e. The van der Waals surface area contributed by atoms with Gasteiger partial charge in [-0.15, -0.1) is 0 Å². The van der Waals surface area contributed by atoms with Crippen molar-refractivity contribution >= 4 is 11.7 Å². The van der Waals surface area contributed by atoms with Crippen LogP contribution in [0.1, 0.15) is 49.0 Å². The van der Waals surface area contributed by atoms with Crippen LogP contribution in [0.3, 0.4) is 0 Å². The molecule has 2 aliphatic rings. The second-order valence-electron chi connectivity index (χ2n) is 9.22. The Labute approximate surface area is 187 Å². The fourth-order valence-corrected chi connectivity index (χ4v) is 4.97. The molecule has 0 aliphatic carbocycles. The highest BCUT2D eigenvalue weighted by atomic mass is 19.3. The minimum absolute atomic E-state index is 0.0585. The van der Waals surface area contributed by atoms with Gasteiger partial charge in [-0.25, -0.2) is 13.5 Å². The van der Waals surface area contributed by atoms with Gasteiger partial charge in [-0.05, 0) is 64.5 Å². The van der Waals surface area contributed by atoms with Crippen LogP contribution in [0.2, 0.25) is 0 Å². The molecule has 2 aromatic rings. The molecule has 0 radical (unpaired) electrons. The molecule has 174 valence electrons. The van der Waals surface area contributed by atoms with E-state index in [9.17, 15) is 13.6 Å². The van der Waals surface area contributed by atoms with Gasteiger partial charge >= 0.3 is 0 Å². The standard InChI is InChI=1S/C24H32F2N4O2/c1-14-7-8-21(15(2)10-14)32-17(4)24(31)29-9-5-6-18(13-29)19-12-20(23(25)26)30-22(27-19)11-16(3)28-30/h7-8,10-11,17-20,23,27H,5-6,9,12-13H2,1-4H3/t17-,18-,19+,20-/m1/s1. The Kier molecular flexibility index (Phi) is 6.40. The number of nitrogens with zero attached hydrogens (tertiary/aromatic N) is 3. The predicted octanol–water partition coefficient (Wildman–Crippen LogP) is 4.50. The molecule has 1 saturated heterocycles. The number of aryl methyl sites for hydroxylation is 3. The predicted molar refractivity (Wildman–Crippen MR) is 119 cm³/mol. The first-order valence-corrected chi connectivity index (χ1v) is 11.4. The SMILES string of the molecule is Cc1ccc(O[C@H](C)C(=O)N2CCC[C@@H]([C@@H]3C[C@H](C(F)F)n4nc(C)cc4N3)C2)c(C)c1. The first-order chi connectivity index (χ1) is 15.2. The topological polar surface area (TPSA) is 59.4 Å². The van der Waals surface area contributed by atoms with Crippen LogP contribution in [0, 0.1) is 26.7 Å². The van der Waals surface area contributed by atoms with Gasteiger partial charge in [-0.3, -0.25) is 4.79 Å². The van der Waals surface area contributed by atoms with Crippen LogP contribution in [-0.2, 0) is 4.79 Å². The average molecular weight is 447 g/mol. The number of rotatable bonds is 5. The number of piperidine rings is 1. The van der Waals surface area contributed by atoms with Gasteiger partial charge in [0.05, 0.1) is 5.69 Å². The van der Waals surface area contributed by atoms with E-state index in [0.717, 1.165) is 29.7 Å². The number of ether oxygens (including phenoxy) is 1. The number of aromatic nitrogens is 2. The molecule has 1 aromatic carbocycles. The summed E-state index contributed by atoms with van der Waals surface area (Å²) in [6, 6.07) is 6.65. The number of fused-ring (bicyclic) bond motifs is 1. The first kappa shape index (κ1) is 22.6. The molecule has 8 heteroatoms. The highest BCUT2D eigenvalue weighted by Crippen LogP contribution is 2.36. The molecule has 0 spiro atoms. The van der Waals surface area contributed by atoms with Gasteiger partial charge in [0, 0.05) is 25.2 Å². The fraction of sp³-hybridized carbons (Fsp3) is 0.583. The third-order valence-corrected chi connectivity index (χ3v) is 6.61. The molecule has 6 nitrogen and oxygen atoms in total. The number of benzene rings is 1. The number of carbonyl (C=O) groups is 1. The van der Waals surface area contributed by atoms with Gasteiger partial charge in [0.1, 0.15) is 17.6 Å². The van der Waals surface area contributed by atoms with Crippen molar-refractivity contribution in [3.05, 3.63) is 41.1 Å². The van der Waals surface area contributed by atoms with Crippen molar-refractivity contribution in [2.24, 2.45) is 5.92 Å². The number of hydrogen-bond acceptors (Lipinski definition) is 4. The highest BCUT2D eigenvalue weighted by Gasteiger charge is 2.39. The largest absolute Gasteiger partial charge is 0.481 e. The summed E-state index contributed by atoms with van der Waals surface area (Å²) in [6.07, 6.45) is -1.04. The zero-order valence-electron chi connectivity index (χ0n) is 19.1. The molecule has 0 saturated carbocycles. The number of carbonyl (C=O) groups excluding carboxylic acids is 1. The van der Waals surface area contributed by atoms with Crippen molar-refractivity contribution in [3.8, 4) is 5.75 Å². The van der Waals surface area contributed by atoms with Gasteiger partial charge < -0.3 is 15.0 Å². The number of likely N-dealkylation sites (tertiary alicyclic amines) is 1. The van der Waals surface area contributed by atoms with E-state index in [-0.39, 0.29) is 17.9 Å². The molecule has 4 atom stereocenters. The third kappa shape index (κ3) is 4.59. The van der Waals surface area contributed by atoms with Crippen molar-refractivity contribution in [3.63, 3.8) is 0 Å². The number of alkyl halides is 2. The summed E-state index contributed by atoms with van der Waals surface area (Å²) < 4.78 is 34.9. The quantitative estimate of drug-likeness (QED) is 0.735. The third-order valence-electron chi connectivity index (χ3n) is 6.61. The highest BCUT2D eigenvalue weighted by molar-refractivity contribution is 5.81. The number of nitrogens with one attached hydrogen (secondary N) is 1. The summed E-state index contributed by atoms with van der Waals surface area (Å²) in [5, 5.41) is 7.66. The van der Waals surface area contributed by atoms with Gasteiger partial charge in [-0.2, -0.15) is 5.10 Å². The van der Waals surface area contributed by atoms with Crippen molar-refractivity contribution < 1.29 is 18.3 Å². The Morgan fingerprint density at radius 2 is 2.03 bits per heavy atom. The number of hydrogen-bond donors (Lipinski definition) is 1. The van der Waals surface area contributed by atoms with E-state index in [1.807, 2.05) is 49.9 Å². The van der Waals surface area contributed by atoms with Crippen molar-refractivity contribution in [1.82, 2.24) is 14.7 Å². The Morgan fingerprint density at radius 1 is 1.25 bits per heavy atom. The lowest BCUT2D eigenvalue weighted by atomic mass is 9.86. The van der Waals surface area contributed by atoms with Gasteiger partial charge in [-0.1, -0.05) is 17.7 Å². The molecule has 4 rings (SSSR count). The number of amides is 1. The van der Waals surface area contributed by atoms with Gasteiger partial charge in [0.25, 0.3) is 12.3 Å². The molecule has 0 unspecified atom stereocenters. The zero-order valence-corrected chi connectivity index (χ0v) is 19.1. The fourth-order valence-electron chi connectivity index (χ4n) is 4.97.